The van der Waals surface area contributed by atoms with Gasteiger partial charge < -0.3 is 10.6 Å². The highest BCUT2D eigenvalue weighted by Gasteiger charge is 2.32. The second-order valence-electron chi connectivity index (χ2n) is 5.14. The first-order valence-corrected chi connectivity index (χ1v) is 7.62. The summed E-state index contributed by atoms with van der Waals surface area (Å²) in [4.78, 5) is 25.6. The maximum Gasteiger partial charge on any atom is 0.237 e. The van der Waals surface area contributed by atoms with E-state index < -0.39 is 11.9 Å². The van der Waals surface area contributed by atoms with Crippen LogP contribution < -0.4 is 10.6 Å². The zero-order chi connectivity index (χ0) is 16.1. The molecule has 0 radical (unpaired) electrons. The summed E-state index contributed by atoms with van der Waals surface area (Å²) in [5.74, 6) is -0.825. The largest absolute Gasteiger partial charge is 0.356 e. The Balaban J connectivity index is 2.15. The fourth-order valence-electron chi connectivity index (χ4n) is 2.50. The van der Waals surface area contributed by atoms with Gasteiger partial charge in [0.2, 0.25) is 11.8 Å². The fraction of sp³-hybridized carbons (Fsp3) is 0.467. The fourth-order valence-corrected chi connectivity index (χ4v) is 2.73. The van der Waals surface area contributed by atoms with E-state index in [9.17, 15) is 14.0 Å². The first-order valence-electron chi connectivity index (χ1n) is 7.24. The summed E-state index contributed by atoms with van der Waals surface area (Å²) in [6, 6.07) is 3.87. The number of carbonyl (C=O) groups excluding carboxylic acids is 2. The van der Waals surface area contributed by atoms with Gasteiger partial charge in [-0.25, -0.2) is 4.39 Å². The molecule has 1 aliphatic rings. The molecule has 2 N–H and O–H groups in total. The predicted molar refractivity (Wildman–Crippen MR) is 81.9 cm³/mol. The van der Waals surface area contributed by atoms with Gasteiger partial charge in [-0.05, 0) is 19.1 Å². The number of hydrogen-bond donors (Lipinski definition) is 2. The summed E-state index contributed by atoms with van der Waals surface area (Å²) in [6.45, 7) is 3.53. The molecule has 1 aromatic rings. The van der Waals surface area contributed by atoms with Crippen molar-refractivity contribution in [2.75, 3.05) is 19.6 Å². The molecule has 1 unspecified atom stereocenters. The van der Waals surface area contributed by atoms with E-state index in [0.717, 1.165) is 0 Å². The quantitative estimate of drug-likeness (QED) is 0.857. The van der Waals surface area contributed by atoms with Crippen molar-refractivity contribution in [3.63, 3.8) is 0 Å². The molecule has 22 heavy (non-hydrogen) atoms. The third kappa shape index (κ3) is 3.96. The van der Waals surface area contributed by atoms with Crippen LogP contribution in [0.15, 0.2) is 18.2 Å². The Bertz CT molecular complexity index is 547. The Morgan fingerprint density at radius 1 is 1.55 bits per heavy atom. The van der Waals surface area contributed by atoms with Gasteiger partial charge >= 0.3 is 0 Å². The molecule has 1 heterocycles. The minimum Gasteiger partial charge on any atom is -0.356 e. The highest BCUT2D eigenvalue weighted by atomic mass is 35.5. The maximum atomic E-state index is 13.9. The minimum atomic E-state index is -0.615. The van der Waals surface area contributed by atoms with Crippen LogP contribution in [0.5, 0.6) is 0 Å². The monoisotopic (exact) mass is 327 g/mol. The number of nitrogens with zero attached hydrogens (tertiary/aromatic N) is 1. The smallest absolute Gasteiger partial charge is 0.237 e. The Morgan fingerprint density at radius 2 is 2.32 bits per heavy atom. The molecule has 0 aromatic heterocycles. The second-order valence-corrected chi connectivity index (χ2v) is 5.54. The Labute approximate surface area is 133 Å². The molecule has 1 aliphatic heterocycles. The molecule has 2 rings (SSSR count). The lowest BCUT2D eigenvalue weighted by Gasteiger charge is -2.34. The number of nitrogens with one attached hydrogen (secondary N) is 2. The van der Waals surface area contributed by atoms with Crippen LogP contribution in [0, 0.1) is 5.82 Å². The lowest BCUT2D eigenvalue weighted by molar-refractivity contribution is -0.134. The van der Waals surface area contributed by atoms with E-state index in [4.69, 9.17) is 11.6 Å². The number of piperazine rings is 1. The summed E-state index contributed by atoms with van der Waals surface area (Å²) in [6.07, 6.45) is 0.0474. The molecule has 1 aromatic carbocycles. The van der Waals surface area contributed by atoms with Crippen molar-refractivity contribution in [1.82, 2.24) is 15.5 Å². The number of rotatable bonds is 5. The number of benzene rings is 1. The van der Waals surface area contributed by atoms with Crippen molar-refractivity contribution in [3.8, 4) is 0 Å². The highest BCUT2D eigenvalue weighted by Crippen LogP contribution is 2.23. The van der Waals surface area contributed by atoms with Gasteiger partial charge in [0.1, 0.15) is 5.82 Å². The molecule has 7 heteroatoms. The Kier molecular flexibility index (Phi) is 5.74. The summed E-state index contributed by atoms with van der Waals surface area (Å²) in [5, 5.41) is 5.73. The molecule has 0 bridgehead atoms. The molecule has 0 saturated carbocycles. The van der Waals surface area contributed by atoms with Crippen molar-refractivity contribution in [1.29, 1.82) is 0 Å². The maximum absolute atomic E-state index is 13.9. The predicted octanol–water partition coefficient (Wildman–Crippen LogP) is 1.31. The van der Waals surface area contributed by atoms with Crippen molar-refractivity contribution in [3.05, 3.63) is 34.6 Å². The summed E-state index contributed by atoms with van der Waals surface area (Å²) < 4.78 is 13.9. The molecule has 120 valence electrons. The molecule has 1 atom stereocenters. The van der Waals surface area contributed by atoms with Crippen molar-refractivity contribution < 1.29 is 14.0 Å². The minimum absolute atomic E-state index is 0.0474. The molecule has 1 saturated heterocycles. The van der Waals surface area contributed by atoms with Gasteiger partial charge in [-0.2, -0.15) is 0 Å². The van der Waals surface area contributed by atoms with Crippen LogP contribution in [0.3, 0.4) is 0 Å². The summed E-state index contributed by atoms with van der Waals surface area (Å²) in [5.41, 5.74) is 0.347. The average molecular weight is 328 g/mol. The number of carbonyl (C=O) groups is 2. The standard InChI is InChI=1S/C15H19ClFN3O2/c1-2-18-14(21)8-13-15(22)19-6-7-20(13)9-10-11(16)4-3-5-12(10)17/h3-5,13H,2,6-9H2,1H3,(H,18,21)(H,19,22). The topological polar surface area (TPSA) is 61.4 Å². The molecule has 0 spiro atoms. The second kappa shape index (κ2) is 7.56. The third-order valence-corrected chi connectivity index (χ3v) is 3.97. The van der Waals surface area contributed by atoms with E-state index in [2.05, 4.69) is 10.6 Å². The van der Waals surface area contributed by atoms with Gasteiger partial charge in [-0.3, -0.25) is 14.5 Å². The third-order valence-electron chi connectivity index (χ3n) is 3.62. The van der Waals surface area contributed by atoms with Crippen LogP contribution in [0.25, 0.3) is 0 Å². The van der Waals surface area contributed by atoms with E-state index in [0.29, 0.717) is 30.2 Å². The molecule has 1 fully saturated rings. The van der Waals surface area contributed by atoms with Gasteiger partial charge in [-0.15, -0.1) is 0 Å². The van der Waals surface area contributed by atoms with Gasteiger partial charge in [0, 0.05) is 36.8 Å². The van der Waals surface area contributed by atoms with Crippen LogP contribution in [-0.4, -0.2) is 42.4 Å². The van der Waals surface area contributed by atoms with Crippen LogP contribution in [0.1, 0.15) is 18.9 Å². The Morgan fingerprint density at radius 3 is 3.00 bits per heavy atom. The number of hydrogen-bond acceptors (Lipinski definition) is 3. The van der Waals surface area contributed by atoms with Crippen molar-refractivity contribution in [2.24, 2.45) is 0 Å². The molecular formula is C15H19ClFN3O2. The van der Waals surface area contributed by atoms with Gasteiger partial charge in [-0.1, -0.05) is 17.7 Å². The number of halogens is 2. The first kappa shape index (κ1) is 16.7. The van der Waals surface area contributed by atoms with E-state index >= 15 is 0 Å². The SMILES string of the molecule is CCNC(=O)CC1C(=O)NCCN1Cc1c(F)cccc1Cl. The molecule has 0 aliphatic carbocycles. The molecular weight excluding hydrogens is 309 g/mol. The lowest BCUT2D eigenvalue weighted by atomic mass is 10.1. The first-order chi connectivity index (χ1) is 10.5. The van der Waals surface area contributed by atoms with Crippen LogP contribution in [-0.2, 0) is 16.1 Å². The van der Waals surface area contributed by atoms with E-state index in [-0.39, 0.29) is 24.8 Å². The van der Waals surface area contributed by atoms with Crippen molar-refractivity contribution >= 4 is 23.4 Å². The molecule has 5 nitrogen and oxygen atoms in total. The zero-order valence-electron chi connectivity index (χ0n) is 12.4. The zero-order valence-corrected chi connectivity index (χ0v) is 13.1. The lowest BCUT2D eigenvalue weighted by Crippen LogP contribution is -2.56. The van der Waals surface area contributed by atoms with E-state index in [1.54, 1.807) is 11.0 Å². The van der Waals surface area contributed by atoms with Crippen LogP contribution in [0.4, 0.5) is 4.39 Å². The van der Waals surface area contributed by atoms with E-state index in [1.165, 1.54) is 12.1 Å². The van der Waals surface area contributed by atoms with Crippen molar-refractivity contribution in [2.45, 2.75) is 25.9 Å². The highest BCUT2D eigenvalue weighted by molar-refractivity contribution is 6.31. The normalized spacial score (nSPS) is 18.9. The van der Waals surface area contributed by atoms with Gasteiger partial charge in [0.05, 0.1) is 12.5 Å². The molecule has 2 amide bonds. The summed E-state index contributed by atoms with van der Waals surface area (Å²) in [7, 11) is 0. The van der Waals surface area contributed by atoms with E-state index in [1.807, 2.05) is 6.92 Å². The summed E-state index contributed by atoms with van der Waals surface area (Å²) >= 11 is 6.04. The van der Waals surface area contributed by atoms with Crippen LogP contribution in [0.2, 0.25) is 5.02 Å². The van der Waals surface area contributed by atoms with Crippen LogP contribution >= 0.6 is 11.6 Å². The Hall–Kier alpha value is -1.66. The number of amides is 2. The van der Waals surface area contributed by atoms with Gasteiger partial charge in [0.15, 0.2) is 0 Å². The van der Waals surface area contributed by atoms with Gasteiger partial charge in [0.25, 0.3) is 0 Å². The average Bonchev–Trinajstić information content (AvgIpc) is 2.46.